The fourth-order valence-electron chi connectivity index (χ4n) is 2.68. The molecule has 1 heterocycles. The van der Waals surface area contributed by atoms with E-state index >= 15 is 0 Å². The number of aromatic nitrogens is 1. The highest BCUT2D eigenvalue weighted by Crippen LogP contribution is 2.20. The number of carboxylic acid groups (broad SMARTS) is 1. The number of halogens is 1. The van der Waals surface area contributed by atoms with Crippen LogP contribution in [0.1, 0.15) is 17.5 Å². The van der Waals surface area contributed by atoms with Crippen molar-refractivity contribution in [1.82, 2.24) is 4.98 Å². The summed E-state index contributed by atoms with van der Waals surface area (Å²) in [6, 6.07) is 11.5. The molecule has 0 radical (unpaired) electrons. The van der Waals surface area contributed by atoms with Crippen molar-refractivity contribution >= 4 is 28.5 Å². The van der Waals surface area contributed by atoms with Gasteiger partial charge in [-0.2, -0.15) is 0 Å². The van der Waals surface area contributed by atoms with Gasteiger partial charge < -0.3 is 15.4 Å². The van der Waals surface area contributed by atoms with Gasteiger partial charge in [0.05, 0.1) is 6.42 Å². The number of aliphatic carboxylic acids is 1. The molecule has 6 heteroatoms. The van der Waals surface area contributed by atoms with Crippen molar-refractivity contribution in [3.63, 3.8) is 0 Å². The number of carbonyl (C=O) groups is 2. The zero-order chi connectivity index (χ0) is 17.8. The SMILES string of the molecule is O=C(O)CCc1ccc(NC(=O)Cc2c[nH]c3ccc(F)cc23)cc1. The van der Waals surface area contributed by atoms with Crippen molar-refractivity contribution in [2.45, 2.75) is 19.3 Å². The first kappa shape index (κ1) is 16.7. The third-order valence-corrected chi connectivity index (χ3v) is 3.95. The van der Waals surface area contributed by atoms with Gasteiger partial charge in [0.25, 0.3) is 0 Å². The van der Waals surface area contributed by atoms with Gasteiger partial charge in [-0.3, -0.25) is 9.59 Å². The molecule has 1 amide bonds. The lowest BCUT2D eigenvalue weighted by molar-refractivity contribution is -0.137. The number of H-pyrrole nitrogens is 1. The number of carboxylic acids is 1. The van der Waals surface area contributed by atoms with Crippen LogP contribution in [-0.4, -0.2) is 22.0 Å². The average Bonchev–Trinajstić information content (AvgIpc) is 2.96. The van der Waals surface area contributed by atoms with Gasteiger partial charge in [0.1, 0.15) is 5.82 Å². The van der Waals surface area contributed by atoms with E-state index in [2.05, 4.69) is 10.3 Å². The number of benzene rings is 2. The Morgan fingerprint density at radius 3 is 2.60 bits per heavy atom. The maximum Gasteiger partial charge on any atom is 0.303 e. The average molecular weight is 340 g/mol. The third kappa shape index (κ3) is 4.23. The number of fused-ring (bicyclic) bond motifs is 1. The number of anilines is 1. The summed E-state index contributed by atoms with van der Waals surface area (Å²) in [6.07, 6.45) is 2.36. The predicted molar refractivity (Wildman–Crippen MR) is 93.0 cm³/mol. The number of hydrogen-bond donors (Lipinski definition) is 3. The molecule has 0 saturated carbocycles. The van der Waals surface area contributed by atoms with Gasteiger partial charge in [-0.15, -0.1) is 0 Å². The standard InChI is InChI=1S/C19H17FN2O3/c20-14-4-7-17-16(10-14)13(11-21-17)9-18(23)22-15-5-1-12(2-6-15)3-8-19(24)25/h1-2,4-7,10-11,21H,3,8-9H2,(H,22,23)(H,24,25). The molecule has 128 valence electrons. The Bertz CT molecular complexity index is 916. The third-order valence-electron chi connectivity index (χ3n) is 3.95. The van der Waals surface area contributed by atoms with Crippen LogP contribution in [0.25, 0.3) is 10.9 Å². The lowest BCUT2D eigenvalue weighted by Crippen LogP contribution is -2.14. The molecule has 0 unspecified atom stereocenters. The van der Waals surface area contributed by atoms with Crippen molar-refractivity contribution in [1.29, 1.82) is 0 Å². The monoisotopic (exact) mass is 340 g/mol. The molecule has 0 aliphatic rings. The number of rotatable bonds is 6. The molecule has 2 aromatic carbocycles. The summed E-state index contributed by atoms with van der Waals surface area (Å²) in [6.45, 7) is 0. The van der Waals surface area contributed by atoms with Crippen molar-refractivity contribution < 1.29 is 19.1 Å². The van der Waals surface area contributed by atoms with Crippen LogP contribution in [0.4, 0.5) is 10.1 Å². The first-order valence-electron chi connectivity index (χ1n) is 7.87. The molecule has 3 rings (SSSR count). The van der Waals surface area contributed by atoms with E-state index in [0.29, 0.717) is 17.5 Å². The Balaban J connectivity index is 1.63. The second-order valence-corrected chi connectivity index (χ2v) is 5.82. The van der Waals surface area contributed by atoms with Crippen LogP contribution >= 0.6 is 0 Å². The van der Waals surface area contributed by atoms with Crippen LogP contribution in [-0.2, 0) is 22.4 Å². The van der Waals surface area contributed by atoms with Crippen molar-refractivity contribution in [3.8, 4) is 0 Å². The first-order chi connectivity index (χ1) is 12.0. The van der Waals surface area contributed by atoms with E-state index < -0.39 is 5.97 Å². The summed E-state index contributed by atoms with van der Waals surface area (Å²) in [5.74, 6) is -1.39. The van der Waals surface area contributed by atoms with E-state index in [1.165, 1.54) is 12.1 Å². The first-order valence-corrected chi connectivity index (χ1v) is 7.87. The minimum Gasteiger partial charge on any atom is -0.481 e. The Labute approximate surface area is 143 Å². The van der Waals surface area contributed by atoms with Gasteiger partial charge in [0.15, 0.2) is 0 Å². The topological polar surface area (TPSA) is 82.2 Å². The predicted octanol–water partition coefficient (Wildman–Crippen LogP) is 3.51. The number of aromatic amines is 1. The van der Waals surface area contributed by atoms with Crippen molar-refractivity contribution in [2.75, 3.05) is 5.32 Å². The maximum atomic E-state index is 13.4. The largest absolute Gasteiger partial charge is 0.481 e. The van der Waals surface area contributed by atoms with Gasteiger partial charge in [0, 0.05) is 29.2 Å². The highest BCUT2D eigenvalue weighted by atomic mass is 19.1. The number of aryl methyl sites for hydroxylation is 1. The summed E-state index contributed by atoms with van der Waals surface area (Å²) < 4.78 is 13.4. The second-order valence-electron chi connectivity index (χ2n) is 5.82. The van der Waals surface area contributed by atoms with Crippen molar-refractivity contribution in [3.05, 3.63) is 65.6 Å². The zero-order valence-electron chi connectivity index (χ0n) is 13.4. The highest BCUT2D eigenvalue weighted by Gasteiger charge is 2.10. The van der Waals surface area contributed by atoms with E-state index in [0.717, 1.165) is 16.6 Å². The normalized spacial score (nSPS) is 10.8. The zero-order valence-corrected chi connectivity index (χ0v) is 13.4. The van der Waals surface area contributed by atoms with Crippen LogP contribution < -0.4 is 5.32 Å². The van der Waals surface area contributed by atoms with Gasteiger partial charge in [-0.05, 0) is 47.9 Å². The van der Waals surface area contributed by atoms with Gasteiger partial charge in [-0.25, -0.2) is 4.39 Å². The summed E-state index contributed by atoms with van der Waals surface area (Å²) in [7, 11) is 0. The van der Waals surface area contributed by atoms with Crippen LogP contribution in [0.3, 0.4) is 0 Å². The molecule has 0 aliphatic heterocycles. The lowest BCUT2D eigenvalue weighted by atomic mass is 10.1. The molecule has 0 atom stereocenters. The molecule has 25 heavy (non-hydrogen) atoms. The van der Waals surface area contributed by atoms with Crippen LogP contribution in [0.5, 0.6) is 0 Å². The minimum absolute atomic E-state index is 0.0723. The molecule has 5 nitrogen and oxygen atoms in total. The fraction of sp³-hybridized carbons (Fsp3) is 0.158. The molecular formula is C19H17FN2O3. The summed E-state index contributed by atoms with van der Waals surface area (Å²) >= 11 is 0. The number of amides is 1. The summed E-state index contributed by atoms with van der Waals surface area (Å²) in [4.78, 5) is 25.8. The van der Waals surface area contributed by atoms with Crippen molar-refractivity contribution in [2.24, 2.45) is 0 Å². The lowest BCUT2D eigenvalue weighted by Gasteiger charge is -2.06. The summed E-state index contributed by atoms with van der Waals surface area (Å²) in [5.41, 5.74) is 3.04. The Hall–Kier alpha value is -3.15. The van der Waals surface area contributed by atoms with E-state index in [1.807, 2.05) is 0 Å². The van der Waals surface area contributed by atoms with Crippen LogP contribution in [0, 0.1) is 5.82 Å². The smallest absolute Gasteiger partial charge is 0.303 e. The number of hydrogen-bond acceptors (Lipinski definition) is 2. The molecule has 3 aromatic rings. The number of carbonyl (C=O) groups excluding carboxylic acids is 1. The highest BCUT2D eigenvalue weighted by molar-refractivity contribution is 5.95. The molecule has 0 bridgehead atoms. The minimum atomic E-state index is -0.840. The second kappa shape index (κ2) is 7.17. The Morgan fingerprint density at radius 1 is 1.12 bits per heavy atom. The molecule has 1 aromatic heterocycles. The van der Waals surface area contributed by atoms with E-state index in [4.69, 9.17) is 5.11 Å². The Kier molecular flexibility index (Phi) is 4.79. The van der Waals surface area contributed by atoms with E-state index in [-0.39, 0.29) is 24.6 Å². The molecule has 0 fully saturated rings. The molecular weight excluding hydrogens is 323 g/mol. The molecule has 0 aliphatic carbocycles. The summed E-state index contributed by atoms with van der Waals surface area (Å²) in [5, 5.41) is 12.2. The molecule has 3 N–H and O–H groups in total. The molecule has 0 saturated heterocycles. The van der Waals surface area contributed by atoms with Gasteiger partial charge >= 0.3 is 5.97 Å². The quantitative estimate of drug-likeness (QED) is 0.642. The fourth-order valence-corrected chi connectivity index (χ4v) is 2.68. The maximum absolute atomic E-state index is 13.4. The molecule has 0 spiro atoms. The Morgan fingerprint density at radius 2 is 1.88 bits per heavy atom. The van der Waals surface area contributed by atoms with E-state index in [9.17, 15) is 14.0 Å². The van der Waals surface area contributed by atoms with Crippen LogP contribution in [0.2, 0.25) is 0 Å². The van der Waals surface area contributed by atoms with Crippen LogP contribution in [0.15, 0.2) is 48.7 Å². The number of nitrogens with one attached hydrogen (secondary N) is 2. The van der Waals surface area contributed by atoms with E-state index in [1.54, 1.807) is 36.5 Å². The van der Waals surface area contributed by atoms with Gasteiger partial charge in [-0.1, -0.05) is 12.1 Å². The van der Waals surface area contributed by atoms with Gasteiger partial charge in [0.2, 0.25) is 5.91 Å².